The Balaban J connectivity index is 2.34. The van der Waals surface area contributed by atoms with Crippen LogP contribution in [0.4, 0.5) is 10.7 Å². The number of anilines is 2. The lowest BCUT2D eigenvalue weighted by Gasteiger charge is -2.03. The molecule has 0 atom stereocenters. The molecule has 0 fully saturated rings. The van der Waals surface area contributed by atoms with Gasteiger partial charge in [-0.2, -0.15) is 5.26 Å². The van der Waals surface area contributed by atoms with E-state index in [0.29, 0.717) is 21.3 Å². The average molecular weight is 260 g/mol. The van der Waals surface area contributed by atoms with Gasteiger partial charge in [0.05, 0.1) is 22.5 Å². The highest BCUT2D eigenvalue weighted by Gasteiger charge is 2.16. The number of nitriles is 1. The zero-order chi connectivity index (χ0) is 13.1. The molecule has 0 radical (unpaired) electrons. The molecular weight excluding hydrogens is 252 g/mol. The van der Waals surface area contributed by atoms with Crippen LogP contribution in [0.2, 0.25) is 0 Å². The van der Waals surface area contributed by atoms with Crippen molar-refractivity contribution in [1.82, 2.24) is 9.97 Å². The van der Waals surface area contributed by atoms with Crippen molar-refractivity contribution >= 4 is 28.0 Å². The Morgan fingerprint density at radius 1 is 1.56 bits per heavy atom. The van der Waals surface area contributed by atoms with Crippen molar-refractivity contribution in [1.29, 1.82) is 5.26 Å². The lowest BCUT2D eigenvalue weighted by Crippen LogP contribution is -2.01. The maximum absolute atomic E-state index is 11.0. The van der Waals surface area contributed by atoms with Gasteiger partial charge in [0, 0.05) is 6.20 Å². The van der Waals surface area contributed by atoms with Gasteiger partial charge >= 0.3 is 5.97 Å². The highest BCUT2D eigenvalue weighted by atomic mass is 32.1. The van der Waals surface area contributed by atoms with Gasteiger partial charge in [-0.25, -0.2) is 9.78 Å². The Labute approximate surface area is 107 Å². The second kappa shape index (κ2) is 4.81. The minimum Gasteiger partial charge on any atom is -0.476 e. The van der Waals surface area contributed by atoms with Crippen molar-refractivity contribution in [3.63, 3.8) is 0 Å². The fourth-order valence-electron chi connectivity index (χ4n) is 1.36. The molecule has 0 aromatic carbocycles. The average Bonchev–Trinajstić information content (AvgIpc) is 2.70. The number of thiazole rings is 1. The summed E-state index contributed by atoms with van der Waals surface area (Å²) < 4.78 is 0. The van der Waals surface area contributed by atoms with Crippen molar-refractivity contribution in [3.8, 4) is 6.07 Å². The SMILES string of the molecule is Cc1nc(C(=O)O)c(Nc2cncc(C#N)c2)s1. The fraction of sp³-hybridized carbons (Fsp3) is 0.0909. The summed E-state index contributed by atoms with van der Waals surface area (Å²) in [5.74, 6) is -1.09. The first-order valence-electron chi connectivity index (χ1n) is 4.93. The highest BCUT2D eigenvalue weighted by molar-refractivity contribution is 7.16. The number of hydrogen-bond acceptors (Lipinski definition) is 6. The molecular formula is C11H8N4O2S. The molecule has 2 N–H and O–H groups in total. The van der Waals surface area contributed by atoms with Crippen LogP contribution in [-0.4, -0.2) is 21.0 Å². The second-order valence-electron chi connectivity index (χ2n) is 3.41. The molecule has 7 heteroatoms. The van der Waals surface area contributed by atoms with Crippen LogP contribution in [0.5, 0.6) is 0 Å². The van der Waals surface area contributed by atoms with Gasteiger partial charge in [0.15, 0.2) is 5.69 Å². The summed E-state index contributed by atoms with van der Waals surface area (Å²) in [4.78, 5) is 18.8. The van der Waals surface area contributed by atoms with Gasteiger partial charge in [0.25, 0.3) is 0 Å². The first kappa shape index (κ1) is 12.0. The molecule has 6 nitrogen and oxygen atoms in total. The standard InChI is InChI=1S/C11H8N4O2S/c1-6-14-9(11(16)17)10(18-6)15-8-2-7(3-12)4-13-5-8/h2,4-5,15H,1H3,(H,16,17). The van der Waals surface area contributed by atoms with Gasteiger partial charge in [0.2, 0.25) is 0 Å². The van der Waals surface area contributed by atoms with Crippen LogP contribution in [0, 0.1) is 18.3 Å². The number of carboxylic acids is 1. The van der Waals surface area contributed by atoms with Crippen molar-refractivity contribution in [3.05, 3.63) is 34.7 Å². The highest BCUT2D eigenvalue weighted by Crippen LogP contribution is 2.27. The maximum atomic E-state index is 11.0. The number of nitrogens with one attached hydrogen (secondary N) is 1. The van der Waals surface area contributed by atoms with E-state index in [2.05, 4.69) is 15.3 Å². The summed E-state index contributed by atoms with van der Waals surface area (Å²) >= 11 is 1.24. The molecule has 0 aliphatic heterocycles. The summed E-state index contributed by atoms with van der Waals surface area (Å²) in [6.45, 7) is 1.73. The first-order valence-corrected chi connectivity index (χ1v) is 5.74. The third-order valence-corrected chi connectivity index (χ3v) is 2.95. The number of carbonyl (C=O) groups is 1. The van der Waals surface area contributed by atoms with Crippen LogP contribution in [-0.2, 0) is 0 Å². The third kappa shape index (κ3) is 2.44. The fourth-order valence-corrected chi connectivity index (χ4v) is 2.19. The van der Waals surface area contributed by atoms with Crippen LogP contribution in [0.1, 0.15) is 21.1 Å². The third-order valence-electron chi connectivity index (χ3n) is 2.06. The van der Waals surface area contributed by atoms with Gasteiger partial charge in [0.1, 0.15) is 11.1 Å². The molecule has 18 heavy (non-hydrogen) atoms. The van der Waals surface area contributed by atoms with Gasteiger partial charge in [-0.05, 0) is 13.0 Å². The molecule has 90 valence electrons. The van der Waals surface area contributed by atoms with Gasteiger partial charge in [-0.15, -0.1) is 11.3 Å². The van der Waals surface area contributed by atoms with E-state index in [0.717, 1.165) is 0 Å². The van der Waals surface area contributed by atoms with Crippen molar-refractivity contribution in [2.45, 2.75) is 6.92 Å². The number of aryl methyl sites for hydroxylation is 1. The molecule has 0 saturated carbocycles. The number of aromatic carboxylic acids is 1. The Hall–Kier alpha value is -2.46. The van der Waals surface area contributed by atoms with Crippen molar-refractivity contribution in [2.24, 2.45) is 0 Å². The van der Waals surface area contributed by atoms with Gasteiger partial charge in [-0.1, -0.05) is 0 Å². The van der Waals surface area contributed by atoms with E-state index in [-0.39, 0.29) is 5.69 Å². The molecule has 0 spiro atoms. The Morgan fingerprint density at radius 3 is 3.00 bits per heavy atom. The van der Waals surface area contributed by atoms with Crippen LogP contribution in [0.25, 0.3) is 0 Å². The second-order valence-corrected chi connectivity index (χ2v) is 4.62. The van der Waals surface area contributed by atoms with Crippen LogP contribution in [0.3, 0.4) is 0 Å². The smallest absolute Gasteiger partial charge is 0.357 e. The number of aromatic nitrogens is 2. The molecule has 2 heterocycles. The molecule has 0 aliphatic rings. The van der Waals surface area contributed by atoms with E-state index in [1.165, 1.54) is 23.7 Å². The molecule has 0 amide bonds. The van der Waals surface area contributed by atoms with E-state index < -0.39 is 5.97 Å². The van der Waals surface area contributed by atoms with E-state index in [1.807, 2.05) is 6.07 Å². The van der Waals surface area contributed by atoms with Crippen LogP contribution in [0.15, 0.2) is 18.5 Å². The molecule has 2 aromatic heterocycles. The minimum absolute atomic E-state index is 0.0279. The molecule has 0 bridgehead atoms. The van der Waals surface area contributed by atoms with Crippen LogP contribution >= 0.6 is 11.3 Å². The zero-order valence-corrected chi connectivity index (χ0v) is 10.2. The number of pyridine rings is 1. The quantitative estimate of drug-likeness (QED) is 0.877. The minimum atomic E-state index is -1.09. The predicted octanol–water partition coefficient (Wildman–Crippen LogP) is 2.16. The lowest BCUT2D eigenvalue weighted by atomic mass is 10.3. The van der Waals surface area contributed by atoms with Gasteiger partial charge < -0.3 is 10.4 Å². The topological polar surface area (TPSA) is 98.9 Å². The van der Waals surface area contributed by atoms with Crippen molar-refractivity contribution in [2.75, 3.05) is 5.32 Å². The maximum Gasteiger partial charge on any atom is 0.357 e. The molecule has 0 unspecified atom stereocenters. The number of nitrogens with zero attached hydrogens (tertiary/aromatic N) is 3. The van der Waals surface area contributed by atoms with Crippen molar-refractivity contribution < 1.29 is 9.90 Å². The van der Waals surface area contributed by atoms with Crippen LogP contribution < -0.4 is 5.32 Å². The largest absolute Gasteiger partial charge is 0.476 e. The molecule has 2 rings (SSSR count). The monoisotopic (exact) mass is 260 g/mol. The Morgan fingerprint density at radius 2 is 2.33 bits per heavy atom. The summed E-state index contributed by atoms with van der Waals surface area (Å²) in [6.07, 6.45) is 2.95. The Kier molecular flexibility index (Phi) is 3.21. The van der Waals surface area contributed by atoms with E-state index in [1.54, 1.807) is 13.0 Å². The molecule has 0 aliphatic carbocycles. The van der Waals surface area contributed by atoms with Gasteiger partial charge in [-0.3, -0.25) is 4.98 Å². The summed E-state index contributed by atoms with van der Waals surface area (Å²) in [5.41, 5.74) is 0.929. The first-order chi connectivity index (χ1) is 8.60. The lowest BCUT2D eigenvalue weighted by molar-refractivity contribution is 0.0692. The number of hydrogen-bond donors (Lipinski definition) is 2. The predicted molar refractivity (Wildman–Crippen MR) is 66.0 cm³/mol. The summed E-state index contributed by atoms with van der Waals surface area (Å²) in [7, 11) is 0. The van der Waals surface area contributed by atoms with E-state index in [4.69, 9.17) is 10.4 Å². The van der Waals surface area contributed by atoms with E-state index >= 15 is 0 Å². The molecule has 0 saturated heterocycles. The number of carboxylic acid groups (broad SMARTS) is 1. The summed E-state index contributed by atoms with van der Waals surface area (Å²) in [6, 6.07) is 3.56. The Bertz CT molecular complexity index is 645. The molecule has 2 aromatic rings. The van der Waals surface area contributed by atoms with E-state index in [9.17, 15) is 4.79 Å². The normalized spacial score (nSPS) is 9.78. The summed E-state index contributed by atoms with van der Waals surface area (Å²) in [5, 5.41) is 21.7. The zero-order valence-electron chi connectivity index (χ0n) is 9.34. The number of rotatable bonds is 3.